The van der Waals surface area contributed by atoms with E-state index in [-0.39, 0.29) is 0 Å². The third kappa shape index (κ3) is 2.75. The average molecular weight is 334 g/mol. The van der Waals surface area contributed by atoms with Crippen LogP contribution < -0.4 is 15.9 Å². The Hall–Kier alpha value is -2.41. The number of aldehydes is 1. The lowest BCUT2D eigenvalue weighted by atomic mass is 10.4. The molecule has 0 N–H and O–H groups in total. The van der Waals surface area contributed by atoms with Gasteiger partial charge in [-0.1, -0.05) is 91.0 Å². The number of rotatable bonds is 5. The molecule has 0 saturated carbocycles. The molecule has 0 radical (unpaired) electrons. The molecular weight excluding hydrogens is 315 g/mol. The topological polar surface area (TPSA) is 26.3 Å². The van der Waals surface area contributed by atoms with Crippen LogP contribution in [0.2, 0.25) is 0 Å². The molecule has 24 heavy (non-hydrogen) atoms. The molecule has 0 amide bonds. The van der Waals surface area contributed by atoms with Crippen molar-refractivity contribution in [1.82, 2.24) is 0 Å². The monoisotopic (exact) mass is 334 g/mol. The maximum Gasteiger partial charge on any atom is 0.173 e. The lowest BCUT2D eigenvalue weighted by molar-refractivity contribution is -0.103. The van der Waals surface area contributed by atoms with Crippen molar-refractivity contribution >= 4 is 34.6 Å². The Bertz CT molecular complexity index is 753. The van der Waals surface area contributed by atoms with Crippen LogP contribution in [-0.2, 0) is 9.53 Å². The summed E-state index contributed by atoms with van der Waals surface area (Å²) in [6.45, 7) is -2.34. The molecule has 0 atom stereocenters. The second-order valence-electron chi connectivity index (χ2n) is 5.34. The largest absolute Gasteiger partial charge is 0.345 e. The van der Waals surface area contributed by atoms with Gasteiger partial charge in [0, 0.05) is 14.0 Å². The Morgan fingerprint density at radius 3 is 1.29 bits per heavy atom. The van der Waals surface area contributed by atoms with Gasteiger partial charge in [0.05, 0.1) is 0 Å². The smallest absolute Gasteiger partial charge is 0.173 e. The molecule has 3 heteroatoms. The highest BCUT2D eigenvalue weighted by Crippen LogP contribution is 2.45. The van der Waals surface area contributed by atoms with E-state index in [0.29, 0.717) is 5.48 Å². The van der Waals surface area contributed by atoms with E-state index in [9.17, 15) is 4.79 Å². The number of carbonyl (C=O) groups excluding carboxylic acids is 1. The zero-order valence-corrected chi connectivity index (χ0v) is 14.4. The summed E-state index contributed by atoms with van der Waals surface area (Å²) in [5, 5.41) is 3.31. The van der Waals surface area contributed by atoms with Gasteiger partial charge in [0.1, 0.15) is 5.48 Å². The molecular formula is C21H19O2P. The van der Waals surface area contributed by atoms with E-state index in [1.165, 1.54) is 0 Å². The van der Waals surface area contributed by atoms with Crippen LogP contribution in [0.5, 0.6) is 0 Å². The zero-order valence-electron chi connectivity index (χ0n) is 13.5. The van der Waals surface area contributed by atoms with Gasteiger partial charge in [-0.3, -0.25) is 4.79 Å². The molecule has 3 rings (SSSR count). The van der Waals surface area contributed by atoms with Gasteiger partial charge < -0.3 is 4.74 Å². The first-order valence-corrected chi connectivity index (χ1v) is 9.55. The molecule has 0 heterocycles. The Labute approximate surface area is 142 Å². The number of methoxy groups -OCH3 is 1. The highest BCUT2D eigenvalue weighted by molar-refractivity contribution is 7.96. The minimum atomic E-state index is -2.34. The van der Waals surface area contributed by atoms with E-state index in [1.54, 1.807) is 7.11 Å². The summed E-state index contributed by atoms with van der Waals surface area (Å²) >= 11 is 0. The van der Waals surface area contributed by atoms with E-state index in [4.69, 9.17) is 4.74 Å². The fourth-order valence-corrected chi connectivity index (χ4v) is 7.00. The quantitative estimate of drug-likeness (QED) is 0.530. The van der Waals surface area contributed by atoms with E-state index in [0.717, 1.165) is 22.2 Å². The van der Waals surface area contributed by atoms with Crippen LogP contribution in [0.4, 0.5) is 0 Å². The van der Waals surface area contributed by atoms with Crippen molar-refractivity contribution in [3.63, 3.8) is 0 Å². The molecule has 0 aliphatic rings. The maximum absolute atomic E-state index is 12.0. The van der Waals surface area contributed by atoms with Crippen LogP contribution >= 0.6 is 6.89 Å². The van der Waals surface area contributed by atoms with Crippen LogP contribution in [0.3, 0.4) is 0 Å². The molecule has 3 aromatic carbocycles. The van der Waals surface area contributed by atoms with E-state index >= 15 is 0 Å². The van der Waals surface area contributed by atoms with Crippen molar-refractivity contribution in [2.24, 2.45) is 0 Å². The molecule has 0 aliphatic heterocycles. The Morgan fingerprint density at radius 2 is 1.04 bits per heavy atom. The summed E-state index contributed by atoms with van der Waals surface area (Å²) in [4.78, 5) is 12.0. The van der Waals surface area contributed by atoms with Gasteiger partial charge in [-0.15, -0.1) is 0 Å². The van der Waals surface area contributed by atoms with Gasteiger partial charge in [-0.2, -0.15) is 0 Å². The minimum Gasteiger partial charge on any atom is -0.345 e. The number of hydrogen-bond donors (Lipinski definition) is 0. The second-order valence-corrected chi connectivity index (χ2v) is 8.67. The average Bonchev–Trinajstić information content (AvgIpc) is 2.68. The molecule has 120 valence electrons. The highest BCUT2D eigenvalue weighted by atomic mass is 31.2. The molecule has 0 bridgehead atoms. The molecule has 0 aliphatic carbocycles. The van der Waals surface area contributed by atoms with E-state index < -0.39 is 6.89 Å². The lowest BCUT2D eigenvalue weighted by Crippen LogP contribution is -2.31. The number of ether oxygens (including phenoxy) is 1. The standard InChI is InChI=1S/C21H19O2P/c1-23-21(17-22)24(18-11-5-2-6-12-18,19-13-7-3-8-14-19)20-15-9-4-10-16-20/h2-17H,1H3. The van der Waals surface area contributed by atoms with Gasteiger partial charge in [-0.25, -0.2) is 0 Å². The summed E-state index contributed by atoms with van der Waals surface area (Å²) < 4.78 is 5.63. The Balaban J connectivity index is 2.53. The predicted octanol–water partition coefficient (Wildman–Crippen LogP) is 2.96. The second kappa shape index (κ2) is 7.44. The number of benzene rings is 3. The van der Waals surface area contributed by atoms with Crippen molar-refractivity contribution < 1.29 is 9.53 Å². The summed E-state index contributed by atoms with van der Waals surface area (Å²) in [5.41, 5.74) is 0.478. The van der Waals surface area contributed by atoms with Crippen molar-refractivity contribution in [3.8, 4) is 0 Å². The predicted molar refractivity (Wildman–Crippen MR) is 103 cm³/mol. The molecule has 0 unspecified atom stereocenters. The van der Waals surface area contributed by atoms with Crippen LogP contribution in [0.1, 0.15) is 0 Å². The van der Waals surface area contributed by atoms with Gasteiger partial charge in [0.25, 0.3) is 0 Å². The van der Waals surface area contributed by atoms with E-state index in [2.05, 4.69) is 36.4 Å². The van der Waals surface area contributed by atoms with Gasteiger partial charge in [-0.05, 0) is 15.9 Å². The first-order chi connectivity index (χ1) is 11.8. The fourth-order valence-electron chi connectivity index (χ4n) is 3.05. The lowest BCUT2D eigenvalue weighted by Gasteiger charge is -2.30. The molecule has 2 nitrogen and oxygen atoms in total. The van der Waals surface area contributed by atoms with Crippen LogP contribution in [0.25, 0.3) is 0 Å². The van der Waals surface area contributed by atoms with Crippen LogP contribution in [0, 0.1) is 0 Å². The third-order valence-electron chi connectivity index (χ3n) is 4.07. The Morgan fingerprint density at radius 1 is 0.708 bits per heavy atom. The SMILES string of the molecule is COC(C=O)=P(c1ccccc1)(c1ccccc1)c1ccccc1. The van der Waals surface area contributed by atoms with E-state index in [1.807, 2.05) is 54.6 Å². The number of hydrogen-bond acceptors (Lipinski definition) is 2. The highest BCUT2D eigenvalue weighted by Gasteiger charge is 2.30. The first-order valence-electron chi connectivity index (χ1n) is 7.76. The van der Waals surface area contributed by atoms with Crippen molar-refractivity contribution in [3.05, 3.63) is 91.0 Å². The maximum atomic E-state index is 12.0. The molecule has 0 saturated heterocycles. The molecule has 0 aromatic heterocycles. The van der Waals surface area contributed by atoms with Gasteiger partial charge in [0.2, 0.25) is 0 Å². The van der Waals surface area contributed by atoms with Crippen molar-refractivity contribution in [1.29, 1.82) is 0 Å². The van der Waals surface area contributed by atoms with Gasteiger partial charge in [0.15, 0.2) is 6.29 Å². The molecule has 3 aromatic rings. The Kier molecular flexibility index (Phi) is 5.10. The summed E-state index contributed by atoms with van der Waals surface area (Å²) in [6, 6.07) is 30.5. The minimum absolute atomic E-state index is 0.478. The molecule has 0 spiro atoms. The zero-order chi connectivity index (χ0) is 16.8. The van der Waals surface area contributed by atoms with Gasteiger partial charge >= 0.3 is 0 Å². The summed E-state index contributed by atoms with van der Waals surface area (Å²) in [6.07, 6.45) is 0.862. The first kappa shape index (κ1) is 16.4. The van der Waals surface area contributed by atoms with Crippen LogP contribution in [0.15, 0.2) is 91.0 Å². The normalized spacial score (nSPS) is 11.0. The fraction of sp³-hybridized carbons (Fsp3) is 0.0476. The van der Waals surface area contributed by atoms with Crippen LogP contribution in [-0.4, -0.2) is 18.9 Å². The van der Waals surface area contributed by atoms with Crippen molar-refractivity contribution in [2.75, 3.05) is 7.11 Å². The summed E-state index contributed by atoms with van der Waals surface area (Å²) in [5.74, 6) is 0. The molecule has 0 fully saturated rings. The third-order valence-corrected chi connectivity index (χ3v) is 8.24. The van der Waals surface area contributed by atoms with Crippen molar-refractivity contribution in [2.45, 2.75) is 0 Å². The number of carbonyl (C=O) groups is 1. The summed E-state index contributed by atoms with van der Waals surface area (Å²) in [7, 11) is 1.58.